The van der Waals surface area contributed by atoms with Crippen LogP contribution in [-0.4, -0.2) is 48.3 Å². The monoisotopic (exact) mass is 497 g/mol. The molecule has 0 saturated carbocycles. The third-order valence-corrected chi connectivity index (χ3v) is 6.92. The standard InChI is InChI=1S/C24H23N3O5S2/c1-2-31-19-8-4-3-7-16(19)24(30)25-14-23(29)32-15-22(28)27-18(21-10-6-12-34-21)13-17(26-27)20-9-5-11-33-20/h3-12,18H,2,13-15H2,1H3,(H,25,30). The molecule has 176 valence electrons. The highest BCUT2D eigenvalue weighted by Crippen LogP contribution is 2.35. The number of benzene rings is 1. The van der Waals surface area contributed by atoms with Crippen molar-refractivity contribution in [2.75, 3.05) is 19.8 Å². The van der Waals surface area contributed by atoms with Crippen LogP contribution < -0.4 is 10.1 Å². The summed E-state index contributed by atoms with van der Waals surface area (Å²) >= 11 is 3.11. The van der Waals surface area contributed by atoms with E-state index in [1.165, 1.54) is 5.01 Å². The fraction of sp³-hybridized carbons (Fsp3) is 0.250. The van der Waals surface area contributed by atoms with Gasteiger partial charge in [-0.3, -0.25) is 14.4 Å². The van der Waals surface area contributed by atoms with Gasteiger partial charge in [-0.25, -0.2) is 5.01 Å². The molecule has 0 fully saturated rings. The summed E-state index contributed by atoms with van der Waals surface area (Å²) in [6, 6.07) is 14.3. The molecule has 8 nitrogen and oxygen atoms in total. The number of rotatable bonds is 9. The normalized spacial score (nSPS) is 15.0. The Kier molecular flexibility index (Phi) is 7.71. The Morgan fingerprint density at radius 2 is 1.88 bits per heavy atom. The van der Waals surface area contributed by atoms with Crippen LogP contribution in [0.3, 0.4) is 0 Å². The Bertz CT molecular complexity index is 1180. The van der Waals surface area contributed by atoms with Crippen molar-refractivity contribution in [1.82, 2.24) is 10.3 Å². The van der Waals surface area contributed by atoms with E-state index >= 15 is 0 Å². The molecule has 3 aromatic rings. The molecule has 34 heavy (non-hydrogen) atoms. The molecule has 1 aromatic carbocycles. The van der Waals surface area contributed by atoms with Crippen LogP contribution >= 0.6 is 22.7 Å². The van der Waals surface area contributed by atoms with E-state index in [9.17, 15) is 14.4 Å². The van der Waals surface area contributed by atoms with E-state index in [1.807, 2.05) is 41.9 Å². The highest BCUT2D eigenvalue weighted by molar-refractivity contribution is 7.12. The minimum absolute atomic E-state index is 0.238. The molecular weight excluding hydrogens is 474 g/mol. The van der Waals surface area contributed by atoms with Crippen molar-refractivity contribution in [3.05, 3.63) is 74.6 Å². The van der Waals surface area contributed by atoms with Gasteiger partial charge in [0.2, 0.25) is 0 Å². The Balaban J connectivity index is 1.34. The molecule has 1 aliphatic rings. The lowest BCUT2D eigenvalue weighted by Gasteiger charge is -2.20. The SMILES string of the molecule is CCOc1ccccc1C(=O)NCC(=O)OCC(=O)N1N=C(c2cccs2)CC1c1cccs1. The lowest BCUT2D eigenvalue weighted by Crippen LogP contribution is -2.34. The van der Waals surface area contributed by atoms with Crippen LogP contribution in [0.4, 0.5) is 0 Å². The minimum atomic E-state index is -0.718. The van der Waals surface area contributed by atoms with Gasteiger partial charge in [0.25, 0.3) is 11.8 Å². The van der Waals surface area contributed by atoms with Gasteiger partial charge in [-0.15, -0.1) is 22.7 Å². The summed E-state index contributed by atoms with van der Waals surface area (Å²) in [7, 11) is 0. The lowest BCUT2D eigenvalue weighted by molar-refractivity contribution is -0.151. The van der Waals surface area contributed by atoms with Gasteiger partial charge >= 0.3 is 5.97 Å². The maximum Gasteiger partial charge on any atom is 0.325 e. The summed E-state index contributed by atoms with van der Waals surface area (Å²) in [6.45, 7) is 1.39. The van der Waals surface area contributed by atoms with E-state index in [0.717, 1.165) is 15.5 Å². The molecule has 4 rings (SSSR count). The summed E-state index contributed by atoms with van der Waals surface area (Å²) in [5.41, 5.74) is 1.15. The van der Waals surface area contributed by atoms with Gasteiger partial charge in [0.05, 0.1) is 28.8 Å². The van der Waals surface area contributed by atoms with E-state index in [0.29, 0.717) is 24.3 Å². The third kappa shape index (κ3) is 5.52. The average molecular weight is 498 g/mol. The molecule has 0 radical (unpaired) electrons. The van der Waals surface area contributed by atoms with Crippen molar-refractivity contribution in [3.8, 4) is 5.75 Å². The largest absolute Gasteiger partial charge is 0.493 e. The number of hydrogen-bond acceptors (Lipinski definition) is 8. The van der Waals surface area contributed by atoms with Crippen molar-refractivity contribution >= 4 is 46.2 Å². The van der Waals surface area contributed by atoms with E-state index in [2.05, 4.69) is 10.4 Å². The molecule has 2 aromatic heterocycles. The number of carbonyl (C=O) groups excluding carboxylic acids is 3. The summed E-state index contributed by atoms with van der Waals surface area (Å²) in [4.78, 5) is 39.5. The highest BCUT2D eigenvalue weighted by atomic mass is 32.1. The van der Waals surface area contributed by atoms with Gasteiger partial charge in [-0.2, -0.15) is 5.10 Å². The molecule has 0 aliphatic carbocycles. The maximum absolute atomic E-state index is 12.9. The fourth-order valence-corrected chi connectivity index (χ4v) is 5.01. The van der Waals surface area contributed by atoms with Crippen molar-refractivity contribution in [2.45, 2.75) is 19.4 Å². The first-order valence-corrected chi connectivity index (χ1v) is 12.4. The van der Waals surface area contributed by atoms with Crippen LogP contribution in [0.2, 0.25) is 0 Å². The second-order valence-electron chi connectivity index (χ2n) is 7.27. The molecule has 0 saturated heterocycles. The fourth-order valence-electron chi connectivity index (χ4n) is 3.48. The molecule has 3 heterocycles. The third-order valence-electron chi connectivity index (χ3n) is 5.02. The number of para-hydroxylation sites is 1. The van der Waals surface area contributed by atoms with Crippen molar-refractivity contribution in [3.63, 3.8) is 0 Å². The maximum atomic E-state index is 12.9. The first-order chi connectivity index (χ1) is 16.6. The molecule has 1 N–H and O–H groups in total. The summed E-state index contributed by atoms with van der Waals surface area (Å²) in [5, 5.41) is 12.3. The van der Waals surface area contributed by atoms with Crippen LogP contribution in [0, 0.1) is 0 Å². The summed E-state index contributed by atoms with van der Waals surface area (Å²) in [6.07, 6.45) is 0.593. The molecule has 0 spiro atoms. The van der Waals surface area contributed by atoms with E-state index < -0.39 is 24.4 Å². The number of hydrogen-bond donors (Lipinski definition) is 1. The van der Waals surface area contributed by atoms with Crippen molar-refractivity contribution in [2.24, 2.45) is 5.10 Å². The zero-order chi connectivity index (χ0) is 23.9. The van der Waals surface area contributed by atoms with Crippen LogP contribution in [0.1, 0.15) is 39.5 Å². The molecule has 10 heteroatoms. The number of hydrazone groups is 1. The van der Waals surface area contributed by atoms with Gasteiger partial charge < -0.3 is 14.8 Å². The Morgan fingerprint density at radius 3 is 2.62 bits per heavy atom. The Morgan fingerprint density at radius 1 is 1.09 bits per heavy atom. The topological polar surface area (TPSA) is 97.3 Å². The molecular formula is C24H23N3O5S2. The van der Waals surface area contributed by atoms with E-state index in [1.54, 1.807) is 46.9 Å². The number of amides is 2. The average Bonchev–Trinajstić information content (AvgIpc) is 3.62. The first kappa shape index (κ1) is 23.7. The van der Waals surface area contributed by atoms with Gasteiger partial charge in [0, 0.05) is 11.3 Å². The Labute approximate surface area is 204 Å². The van der Waals surface area contributed by atoms with Crippen molar-refractivity contribution < 1.29 is 23.9 Å². The predicted octanol–water partition coefficient (Wildman–Crippen LogP) is 3.86. The molecule has 2 amide bonds. The molecule has 1 unspecified atom stereocenters. The van der Waals surface area contributed by atoms with E-state index in [4.69, 9.17) is 9.47 Å². The van der Waals surface area contributed by atoms with Gasteiger partial charge in [-0.1, -0.05) is 24.3 Å². The molecule has 1 aliphatic heterocycles. The van der Waals surface area contributed by atoms with Crippen LogP contribution in [0.15, 0.2) is 64.4 Å². The molecule has 1 atom stereocenters. The zero-order valence-electron chi connectivity index (χ0n) is 18.4. The second kappa shape index (κ2) is 11.1. The smallest absolute Gasteiger partial charge is 0.325 e. The number of nitrogens with zero attached hydrogens (tertiary/aromatic N) is 2. The predicted molar refractivity (Wildman–Crippen MR) is 130 cm³/mol. The van der Waals surface area contributed by atoms with Crippen LogP contribution in [0.5, 0.6) is 5.75 Å². The van der Waals surface area contributed by atoms with Gasteiger partial charge in [0.15, 0.2) is 6.61 Å². The van der Waals surface area contributed by atoms with Gasteiger partial charge in [0.1, 0.15) is 12.3 Å². The minimum Gasteiger partial charge on any atom is -0.493 e. The molecule has 0 bridgehead atoms. The number of esters is 1. The number of nitrogens with one attached hydrogen (secondary N) is 1. The lowest BCUT2D eigenvalue weighted by atomic mass is 10.1. The number of carbonyl (C=O) groups is 3. The number of thiophene rings is 2. The van der Waals surface area contributed by atoms with Crippen LogP contribution in [0.25, 0.3) is 0 Å². The van der Waals surface area contributed by atoms with Crippen LogP contribution in [-0.2, 0) is 14.3 Å². The zero-order valence-corrected chi connectivity index (χ0v) is 20.1. The van der Waals surface area contributed by atoms with Crippen molar-refractivity contribution in [1.29, 1.82) is 0 Å². The summed E-state index contributed by atoms with van der Waals surface area (Å²) in [5.74, 6) is -1.18. The first-order valence-electron chi connectivity index (χ1n) is 10.7. The Hall–Kier alpha value is -3.50. The quantitative estimate of drug-likeness (QED) is 0.453. The van der Waals surface area contributed by atoms with Gasteiger partial charge in [-0.05, 0) is 41.9 Å². The summed E-state index contributed by atoms with van der Waals surface area (Å²) < 4.78 is 10.6. The highest BCUT2D eigenvalue weighted by Gasteiger charge is 2.34. The second-order valence-corrected chi connectivity index (χ2v) is 9.20. The van der Waals surface area contributed by atoms with E-state index in [-0.39, 0.29) is 12.6 Å². The number of ether oxygens (including phenoxy) is 2.